The van der Waals surface area contributed by atoms with E-state index in [2.05, 4.69) is 5.32 Å². The van der Waals surface area contributed by atoms with Crippen LogP contribution in [0.15, 0.2) is 48.0 Å². The average molecular weight is 336 g/mol. The summed E-state index contributed by atoms with van der Waals surface area (Å²) in [5.74, 6) is 1.48. The lowest BCUT2D eigenvalue weighted by molar-refractivity contribution is -0.117. The molecular weight excluding hydrogens is 320 g/mol. The summed E-state index contributed by atoms with van der Waals surface area (Å²) in [4.78, 5) is 12.3. The van der Waals surface area contributed by atoms with Crippen molar-refractivity contribution in [3.8, 4) is 23.3 Å². The van der Waals surface area contributed by atoms with Crippen molar-refractivity contribution in [2.24, 2.45) is 0 Å². The predicted molar refractivity (Wildman–Crippen MR) is 91.0 cm³/mol. The number of nitrogens with one attached hydrogen (secondary N) is 1. The Labute approximate surface area is 145 Å². The Balaban J connectivity index is 1.71. The molecule has 0 aromatic heterocycles. The number of benzene rings is 2. The van der Waals surface area contributed by atoms with Crippen molar-refractivity contribution in [3.05, 3.63) is 59.2 Å². The zero-order chi connectivity index (χ0) is 17.6. The molecule has 25 heavy (non-hydrogen) atoms. The number of nitriles is 1. The highest BCUT2D eigenvalue weighted by atomic mass is 16.7. The molecule has 1 N–H and O–H groups in total. The third-order valence-electron chi connectivity index (χ3n) is 3.69. The van der Waals surface area contributed by atoms with Gasteiger partial charge in [0.15, 0.2) is 11.5 Å². The standard InChI is InChI=1S/C19H16N2O4/c1-23-16-5-3-2-4-14(16)9-15(10-20)19(22)21-11-13-6-7-17-18(8-13)25-12-24-17/h2-9H,11-12H2,1H3,(H,21,22)/b15-9+. The van der Waals surface area contributed by atoms with Crippen molar-refractivity contribution < 1.29 is 19.0 Å². The molecule has 0 saturated heterocycles. The number of amides is 1. The molecule has 6 heteroatoms. The van der Waals surface area contributed by atoms with Gasteiger partial charge in [-0.3, -0.25) is 4.79 Å². The van der Waals surface area contributed by atoms with Crippen molar-refractivity contribution in [3.63, 3.8) is 0 Å². The number of methoxy groups -OCH3 is 1. The molecule has 0 spiro atoms. The zero-order valence-corrected chi connectivity index (χ0v) is 13.6. The van der Waals surface area contributed by atoms with Crippen LogP contribution >= 0.6 is 0 Å². The van der Waals surface area contributed by atoms with Crippen LogP contribution in [0.4, 0.5) is 0 Å². The van der Waals surface area contributed by atoms with E-state index in [0.29, 0.717) is 22.8 Å². The van der Waals surface area contributed by atoms with Crippen LogP contribution in [-0.2, 0) is 11.3 Å². The fraction of sp³-hybridized carbons (Fsp3) is 0.158. The SMILES string of the molecule is COc1ccccc1/C=C(\C#N)C(=O)NCc1ccc2c(c1)OCO2. The van der Waals surface area contributed by atoms with E-state index >= 15 is 0 Å². The van der Waals surface area contributed by atoms with E-state index in [1.165, 1.54) is 6.08 Å². The first kappa shape index (κ1) is 16.4. The lowest BCUT2D eigenvalue weighted by Gasteiger charge is -2.07. The lowest BCUT2D eigenvalue weighted by Crippen LogP contribution is -2.23. The monoisotopic (exact) mass is 336 g/mol. The molecule has 0 aliphatic carbocycles. The van der Waals surface area contributed by atoms with E-state index < -0.39 is 5.91 Å². The minimum Gasteiger partial charge on any atom is -0.496 e. The summed E-state index contributed by atoms with van der Waals surface area (Å²) in [5.41, 5.74) is 1.53. The second-order valence-electron chi connectivity index (χ2n) is 5.28. The van der Waals surface area contributed by atoms with Crippen LogP contribution in [0.1, 0.15) is 11.1 Å². The van der Waals surface area contributed by atoms with Crippen LogP contribution in [0.3, 0.4) is 0 Å². The first-order valence-electron chi connectivity index (χ1n) is 7.63. The van der Waals surface area contributed by atoms with E-state index in [9.17, 15) is 10.1 Å². The van der Waals surface area contributed by atoms with Crippen molar-refractivity contribution >= 4 is 12.0 Å². The smallest absolute Gasteiger partial charge is 0.262 e. The van der Waals surface area contributed by atoms with Crippen molar-refractivity contribution in [1.29, 1.82) is 5.26 Å². The highest BCUT2D eigenvalue weighted by Gasteiger charge is 2.14. The van der Waals surface area contributed by atoms with Gasteiger partial charge in [-0.05, 0) is 29.8 Å². The van der Waals surface area contributed by atoms with Gasteiger partial charge in [0.05, 0.1) is 7.11 Å². The van der Waals surface area contributed by atoms with E-state index in [1.807, 2.05) is 24.3 Å². The van der Waals surface area contributed by atoms with E-state index in [1.54, 1.807) is 31.4 Å². The van der Waals surface area contributed by atoms with Gasteiger partial charge in [0.25, 0.3) is 5.91 Å². The topological polar surface area (TPSA) is 80.6 Å². The van der Waals surface area contributed by atoms with E-state index in [0.717, 1.165) is 5.56 Å². The Hall–Kier alpha value is -3.46. The molecule has 2 aromatic carbocycles. The van der Waals surface area contributed by atoms with Gasteiger partial charge < -0.3 is 19.5 Å². The molecule has 0 saturated carbocycles. The minimum atomic E-state index is -0.453. The van der Waals surface area contributed by atoms with Gasteiger partial charge in [0, 0.05) is 12.1 Å². The summed E-state index contributed by atoms with van der Waals surface area (Å²) in [7, 11) is 1.54. The van der Waals surface area contributed by atoms with Gasteiger partial charge >= 0.3 is 0 Å². The molecule has 0 radical (unpaired) electrons. The van der Waals surface area contributed by atoms with Gasteiger partial charge in [-0.15, -0.1) is 0 Å². The molecule has 1 aliphatic rings. The quantitative estimate of drug-likeness (QED) is 0.671. The van der Waals surface area contributed by atoms with Crippen molar-refractivity contribution in [1.82, 2.24) is 5.32 Å². The number of ether oxygens (including phenoxy) is 3. The van der Waals surface area contributed by atoms with E-state index in [4.69, 9.17) is 14.2 Å². The maximum absolute atomic E-state index is 12.3. The van der Waals surface area contributed by atoms with Gasteiger partial charge in [-0.1, -0.05) is 24.3 Å². The number of para-hydroxylation sites is 1. The molecular formula is C19H16N2O4. The number of nitrogens with zero attached hydrogens (tertiary/aromatic N) is 1. The third-order valence-corrected chi connectivity index (χ3v) is 3.69. The van der Waals surface area contributed by atoms with Gasteiger partial charge in [0.1, 0.15) is 17.4 Å². The zero-order valence-electron chi connectivity index (χ0n) is 13.6. The molecule has 1 aliphatic heterocycles. The maximum atomic E-state index is 12.3. The van der Waals surface area contributed by atoms with Gasteiger partial charge in [-0.25, -0.2) is 0 Å². The van der Waals surface area contributed by atoms with Crippen molar-refractivity contribution in [2.45, 2.75) is 6.54 Å². The highest BCUT2D eigenvalue weighted by Crippen LogP contribution is 2.32. The molecule has 126 valence electrons. The Bertz CT molecular complexity index is 868. The number of fused-ring (bicyclic) bond motifs is 1. The Morgan fingerprint density at radius 1 is 1.28 bits per heavy atom. The number of hydrogen-bond donors (Lipinski definition) is 1. The van der Waals surface area contributed by atoms with Gasteiger partial charge in [0.2, 0.25) is 6.79 Å². The normalized spacial score (nSPS) is 12.4. The average Bonchev–Trinajstić information content (AvgIpc) is 3.12. The third kappa shape index (κ3) is 3.72. The number of carbonyl (C=O) groups is 1. The molecule has 2 aromatic rings. The number of carbonyl (C=O) groups excluding carboxylic acids is 1. The largest absolute Gasteiger partial charge is 0.496 e. The summed E-state index contributed by atoms with van der Waals surface area (Å²) >= 11 is 0. The molecule has 6 nitrogen and oxygen atoms in total. The molecule has 1 amide bonds. The Morgan fingerprint density at radius 2 is 2.08 bits per heavy atom. The second-order valence-corrected chi connectivity index (χ2v) is 5.28. The van der Waals surface area contributed by atoms with Crippen LogP contribution in [0.2, 0.25) is 0 Å². The first-order chi connectivity index (χ1) is 12.2. The number of rotatable bonds is 5. The van der Waals surface area contributed by atoms with Crippen LogP contribution < -0.4 is 19.5 Å². The maximum Gasteiger partial charge on any atom is 0.262 e. The Kier molecular flexibility index (Phi) is 4.86. The first-order valence-corrected chi connectivity index (χ1v) is 7.63. The summed E-state index contributed by atoms with van der Waals surface area (Å²) in [6, 6.07) is 14.5. The molecule has 0 unspecified atom stereocenters. The molecule has 0 bridgehead atoms. The summed E-state index contributed by atoms with van der Waals surface area (Å²) in [6.07, 6.45) is 1.51. The van der Waals surface area contributed by atoms with Crippen molar-refractivity contribution in [2.75, 3.05) is 13.9 Å². The molecule has 0 fully saturated rings. The minimum absolute atomic E-state index is 0.00485. The van der Waals surface area contributed by atoms with Crippen LogP contribution in [-0.4, -0.2) is 19.8 Å². The van der Waals surface area contributed by atoms with Crippen LogP contribution in [0.25, 0.3) is 6.08 Å². The molecule has 3 rings (SSSR count). The lowest BCUT2D eigenvalue weighted by atomic mass is 10.1. The molecule has 0 atom stereocenters. The molecule has 1 heterocycles. The van der Waals surface area contributed by atoms with Gasteiger partial charge in [-0.2, -0.15) is 5.26 Å². The fourth-order valence-electron chi connectivity index (χ4n) is 2.42. The summed E-state index contributed by atoms with van der Waals surface area (Å²) in [5, 5.41) is 12.0. The Morgan fingerprint density at radius 3 is 2.88 bits per heavy atom. The highest BCUT2D eigenvalue weighted by molar-refractivity contribution is 6.01. The number of hydrogen-bond acceptors (Lipinski definition) is 5. The second kappa shape index (κ2) is 7.41. The van der Waals surface area contributed by atoms with Crippen LogP contribution in [0, 0.1) is 11.3 Å². The van der Waals surface area contributed by atoms with E-state index in [-0.39, 0.29) is 18.9 Å². The predicted octanol–water partition coefficient (Wildman–Crippen LogP) is 2.65. The summed E-state index contributed by atoms with van der Waals surface area (Å²) < 4.78 is 15.8. The summed E-state index contributed by atoms with van der Waals surface area (Å²) in [6.45, 7) is 0.478. The van der Waals surface area contributed by atoms with Crippen LogP contribution in [0.5, 0.6) is 17.2 Å². The fourth-order valence-corrected chi connectivity index (χ4v) is 2.42.